The monoisotopic (exact) mass is 302 g/mol. The van der Waals surface area contributed by atoms with E-state index in [4.69, 9.17) is 15.2 Å². The van der Waals surface area contributed by atoms with Gasteiger partial charge in [0, 0.05) is 25.4 Å². The van der Waals surface area contributed by atoms with E-state index in [0.717, 1.165) is 4.90 Å². The van der Waals surface area contributed by atoms with Crippen LogP contribution in [0.3, 0.4) is 0 Å². The van der Waals surface area contributed by atoms with Gasteiger partial charge in [-0.15, -0.1) is 11.8 Å². The van der Waals surface area contributed by atoms with Crippen molar-refractivity contribution >= 4 is 29.6 Å². The number of nitrogens with zero attached hydrogens (tertiary/aromatic N) is 1. The minimum Gasteiger partial charge on any atom is -0.477 e. The molecule has 0 saturated carbocycles. The number of amides is 1. The molecule has 0 bridgehead atoms. The van der Waals surface area contributed by atoms with Crippen LogP contribution in [0.1, 0.15) is 6.92 Å². The first-order valence-electron chi connectivity index (χ1n) is 5.71. The molecule has 3 N–H and O–H groups in total. The molecule has 0 aromatic carbocycles. The number of ether oxygens (including phenoxy) is 2. The van der Waals surface area contributed by atoms with Gasteiger partial charge in [0.15, 0.2) is 0 Å². The summed E-state index contributed by atoms with van der Waals surface area (Å²) >= 11 is 1.27. The van der Waals surface area contributed by atoms with Crippen molar-refractivity contribution in [2.24, 2.45) is 5.73 Å². The number of aliphatic carboxylic acids is 1. The summed E-state index contributed by atoms with van der Waals surface area (Å²) in [5.74, 6) is -2.10. The van der Waals surface area contributed by atoms with Crippen LogP contribution >= 0.6 is 11.8 Å². The Balaban J connectivity index is 2.31. The highest BCUT2D eigenvalue weighted by Gasteiger charge is 2.63. The smallest absolute Gasteiger partial charge is 0.352 e. The lowest BCUT2D eigenvalue weighted by Gasteiger charge is -2.54. The first kappa shape index (κ1) is 14.8. The van der Waals surface area contributed by atoms with Gasteiger partial charge in [-0.25, -0.2) is 4.79 Å². The molecule has 2 heterocycles. The number of thioether (sulfide) groups is 1. The molecular formula is C11H14N2O6S. The van der Waals surface area contributed by atoms with E-state index in [1.54, 1.807) is 0 Å². The third kappa shape index (κ3) is 2.07. The van der Waals surface area contributed by atoms with Crippen molar-refractivity contribution in [3.63, 3.8) is 0 Å². The summed E-state index contributed by atoms with van der Waals surface area (Å²) in [5, 5.41) is 8.68. The van der Waals surface area contributed by atoms with Crippen LogP contribution in [0.15, 0.2) is 11.3 Å². The molecule has 0 radical (unpaired) electrons. The number of nitrogens with two attached hydrogens (primary N) is 1. The van der Waals surface area contributed by atoms with Gasteiger partial charge in [-0.3, -0.25) is 20.2 Å². The van der Waals surface area contributed by atoms with Crippen LogP contribution in [0.5, 0.6) is 0 Å². The largest absolute Gasteiger partial charge is 0.477 e. The molecule has 0 aromatic heterocycles. The maximum Gasteiger partial charge on any atom is 0.352 e. The Morgan fingerprint density at radius 2 is 2.25 bits per heavy atom. The second-order valence-corrected chi connectivity index (χ2v) is 5.44. The number of carboxylic acid groups (broad SMARTS) is 1. The standard InChI is InChI=1S/C11H14N2O6S/c1-5(14)19-3-6-4-20-10-11(12,18-2)9(17)13(10)7(6)8(15)16/h10H,3-4,12H2,1-2H3,(H,15,16)/t10-,11?/m0/s1. The van der Waals surface area contributed by atoms with Gasteiger partial charge in [0.1, 0.15) is 17.7 Å². The maximum absolute atomic E-state index is 12.0. The Labute approximate surface area is 118 Å². The van der Waals surface area contributed by atoms with Crippen LogP contribution in [0.25, 0.3) is 0 Å². The average molecular weight is 302 g/mol. The van der Waals surface area contributed by atoms with Crippen molar-refractivity contribution in [2.75, 3.05) is 19.5 Å². The van der Waals surface area contributed by atoms with Gasteiger partial charge in [-0.1, -0.05) is 0 Å². The molecular weight excluding hydrogens is 288 g/mol. The zero-order valence-electron chi connectivity index (χ0n) is 10.9. The Morgan fingerprint density at radius 3 is 2.75 bits per heavy atom. The van der Waals surface area contributed by atoms with E-state index in [1.165, 1.54) is 25.8 Å². The number of rotatable bonds is 4. The fourth-order valence-electron chi connectivity index (χ4n) is 2.10. The van der Waals surface area contributed by atoms with Gasteiger partial charge in [-0.05, 0) is 0 Å². The number of carboxylic acids is 1. The first-order valence-corrected chi connectivity index (χ1v) is 6.75. The van der Waals surface area contributed by atoms with Gasteiger partial charge in [0.05, 0.1) is 0 Å². The van der Waals surface area contributed by atoms with Crippen LogP contribution in [0.2, 0.25) is 0 Å². The Morgan fingerprint density at radius 1 is 1.60 bits per heavy atom. The number of carbonyl (C=O) groups excluding carboxylic acids is 2. The Kier molecular flexibility index (Phi) is 3.76. The van der Waals surface area contributed by atoms with Gasteiger partial charge in [0.25, 0.3) is 5.91 Å². The molecule has 2 aliphatic rings. The summed E-state index contributed by atoms with van der Waals surface area (Å²) in [6.45, 7) is 1.06. The lowest BCUT2D eigenvalue weighted by molar-refractivity contribution is -0.183. The van der Waals surface area contributed by atoms with E-state index in [1.807, 2.05) is 0 Å². The van der Waals surface area contributed by atoms with Gasteiger partial charge in [0.2, 0.25) is 5.72 Å². The quantitative estimate of drug-likeness (QED) is 0.390. The van der Waals surface area contributed by atoms with Crippen molar-refractivity contribution in [3.8, 4) is 0 Å². The van der Waals surface area contributed by atoms with E-state index in [9.17, 15) is 19.5 Å². The van der Waals surface area contributed by atoms with Crippen molar-refractivity contribution in [3.05, 3.63) is 11.3 Å². The molecule has 0 aliphatic carbocycles. The number of hydrogen-bond acceptors (Lipinski definition) is 7. The molecule has 2 atom stereocenters. The highest BCUT2D eigenvalue weighted by atomic mass is 32.2. The molecule has 20 heavy (non-hydrogen) atoms. The number of hydrogen-bond donors (Lipinski definition) is 2. The molecule has 1 amide bonds. The van der Waals surface area contributed by atoms with Crippen LogP contribution < -0.4 is 5.73 Å². The lowest BCUT2D eigenvalue weighted by atomic mass is 9.99. The van der Waals surface area contributed by atoms with Crippen molar-refractivity contribution < 1.29 is 29.0 Å². The number of methoxy groups -OCH3 is 1. The van der Waals surface area contributed by atoms with Crippen LogP contribution in [0.4, 0.5) is 0 Å². The summed E-state index contributed by atoms with van der Waals surface area (Å²) in [7, 11) is 1.30. The number of esters is 1. The van der Waals surface area contributed by atoms with E-state index in [0.29, 0.717) is 11.3 Å². The first-order chi connectivity index (χ1) is 9.32. The molecule has 2 aliphatic heterocycles. The van der Waals surface area contributed by atoms with E-state index >= 15 is 0 Å². The highest BCUT2D eigenvalue weighted by Crippen LogP contribution is 2.45. The van der Waals surface area contributed by atoms with Crippen LogP contribution in [-0.4, -0.2) is 58.4 Å². The fraction of sp³-hybridized carbons (Fsp3) is 0.545. The summed E-state index contributed by atoms with van der Waals surface area (Å²) in [6.07, 6.45) is 0. The molecule has 1 unspecified atom stereocenters. The third-order valence-electron chi connectivity index (χ3n) is 3.14. The normalized spacial score (nSPS) is 28.9. The minimum atomic E-state index is -1.50. The molecule has 2 rings (SSSR count). The van der Waals surface area contributed by atoms with E-state index < -0.39 is 28.9 Å². The lowest BCUT2D eigenvalue weighted by Crippen LogP contribution is -2.78. The molecule has 8 nitrogen and oxygen atoms in total. The Hall–Kier alpha value is -1.58. The van der Waals surface area contributed by atoms with Crippen molar-refractivity contribution in [1.29, 1.82) is 0 Å². The van der Waals surface area contributed by atoms with E-state index in [-0.39, 0.29) is 12.3 Å². The molecule has 110 valence electrons. The number of carbonyl (C=O) groups is 3. The summed E-state index contributed by atoms with van der Waals surface area (Å²) in [4.78, 5) is 35.3. The number of β-lactam (4-membered cyclic amide) rings is 1. The highest BCUT2D eigenvalue weighted by molar-refractivity contribution is 8.00. The van der Waals surface area contributed by atoms with Gasteiger partial charge in [-0.2, -0.15) is 0 Å². The molecule has 1 saturated heterocycles. The zero-order valence-corrected chi connectivity index (χ0v) is 11.7. The summed E-state index contributed by atoms with van der Waals surface area (Å²) < 4.78 is 9.79. The molecule has 9 heteroatoms. The van der Waals surface area contributed by atoms with E-state index in [2.05, 4.69) is 0 Å². The average Bonchev–Trinajstić information content (AvgIpc) is 2.42. The minimum absolute atomic E-state index is 0.162. The second-order valence-electron chi connectivity index (χ2n) is 4.37. The zero-order chi connectivity index (χ0) is 15.1. The van der Waals surface area contributed by atoms with Gasteiger partial charge >= 0.3 is 11.9 Å². The topological polar surface area (TPSA) is 119 Å². The number of fused-ring (bicyclic) bond motifs is 1. The van der Waals surface area contributed by atoms with Gasteiger partial charge < -0.3 is 14.6 Å². The van der Waals surface area contributed by atoms with Crippen molar-refractivity contribution in [2.45, 2.75) is 18.0 Å². The third-order valence-corrected chi connectivity index (χ3v) is 4.53. The Bertz CT molecular complexity index is 519. The van der Waals surface area contributed by atoms with Crippen molar-refractivity contribution in [1.82, 2.24) is 4.90 Å². The SMILES string of the molecule is COC1(N)C(=O)N2C(C(=O)O)=C(COC(C)=O)CS[C@H]21. The summed E-state index contributed by atoms with van der Waals surface area (Å²) in [5.41, 5.74) is 4.47. The predicted octanol–water partition coefficient (Wildman–Crippen LogP) is -0.895. The fourth-order valence-corrected chi connectivity index (χ4v) is 3.48. The molecule has 1 fully saturated rings. The van der Waals surface area contributed by atoms with Crippen LogP contribution in [-0.2, 0) is 23.9 Å². The summed E-state index contributed by atoms with van der Waals surface area (Å²) in [6, 6.07) is 0. The second kappa shape index (κ2) is 5.08. The maximum atomic E-state index is 12.0. The van der Waals surface area contributed by atoms with Crippen LogP contribution in [0, 0.1) is 0 Å². The molecule has 0 spiro atoms. The predicted molar refractivity (Wildman–Crippen MR) is 68.3 cm³/mol. The molecule has 0 aromatic rings.